The topological polar surface area (TPSA) is 82.5 Å². The predicted molar refractivity (Wildman–Crippen MR) is 75.5 cm³/mol. The summed E-state index contributed by atoms with van der Waals surface area (Å²) in [6.07, 6.45) is 1.98. The van der Waals surface area contributed by atoms with Crippen LogP contribution in [0.5, 0.6) is 0 Å². The van der Waals surface area contributed by atoms with Crippen molar-refractivity contribution < 1.29 is 4.79 Å². The molecule has 1 fully saturated rings. The van der Waals surface area contributed by atoms with E-state index in [1.165, 1.54) is 0 Å². The highest BCUT2D eigenvalue weighted by Crippen LogP contribution is 2.30. The molecule has 0 spiro atoms. The molecule has 20 heavy (non-hydrogen) atoms. The molecule has 0 bridgehead atoms. The minimum absolute atomic E-state index is 0.0831. The van der Waals surface area contributed by atoms with Gasteiger partial charge in [0.1, 0.15) is 17.5 Å². The van der Waals surface area contributed by atoms with Crippen LogP contribution < -0.4 is 5.73 Å². The van der Waals surface area contributed by atoms with Crippen molar-refractivity contribution in [1.82, 2.24) is 4.90 Å². The molecule has 5 heteroatoms. The standard InChI is InChI=1S/C15H14N4O/c16-9-12(15(20)19-7-3-4-8-19)13-10-5-1-2-6-11(10)14(17)18-13/h1-2,5-6H,3-4,7-8H2,(H2,17,18). The number of hydrogen-bond donors (Lipinski definition) is 1. The Hall–Kier alpha value is -2.61. The number of carbonyl (C=O) groups excluding carboxylic acids is 1. The minimum atomic E-state index is -0.242. The molecule has 3 rings (SSSR count). The lowest BCUT2D eigenvalue weighted by molar-refractivity contribution is -0.125. The van der Waals surface area contributed by atoms with Crippen molar-refractivity contribution in [2.75, 3.05) is 13.1 Å². The van der Waals surface area contributed by atoms with Gasteiger partial charge in [0, 0.05) is 24.2 Å². The Morgan fingerprint density at radius 3 is 2.55 bits per heavy atom. The molecule has 1 aromatic carbocycles. The van der Waals surface area contributed by atoms with Gasteiger partial charge in [0.15, 0.2) is 0 Å². The molecule has 1 aromatic rings. The van der Waals surface area contributed by atoms with Crippen molar-refractivity contribution in [3.8, 4) is 6.07 Å². The van der Waals surface area contributed by atoms with Crippen molar-refractivity contribution in [1.29, 1.82) is 5.26 Å². The van der Waals surface area contributed by atoms with Crippen LogP contribution in [0.15, 0.2) is 34.8 Å². The summed E-state index contributed by atoms with van der Waals surface area (Å²) >= 11 is 0. The first-order valence-corrected chi connectivity index (χ1v) is 6.60. The van der Waals surface area contributed by atoms with Gasteiger partial charge in [-0.25, -0.2) is 4.99 Å². The number of rotatable bonds is 1. The van der Waals surface area contributed by atoms with Gasteiger partial charge in [0.05, 0.1) is 5.70 Å². The molecule has 2 heterocycles. The largest absolute Gasteiger partial charge is 0.383 e. The van der Waals surface area contributed by atoms with Crippen LogP contribution in [0.1, 0.15) is 24.0 Å². The number of amidine groups is 1. The van der Waals surface area contributed by atoms with Gasteiger partial charge >= 0.3 is 0 Å². The van der Waals surface area contributed by atoms with E-state index >= 15 is 0 Å². The summed E-state index contributed by atoms with van der Waals surface area (Å²) in [5.41, 5.74) is 7.89. The lowest BCUT2D eigenvalue weighted by Crippen LogP contribution is -2.29. The molecular weight excluding hydrogens is 252 g/mol. The third kappa shape index (κ3) is 1.86. The number of benzene rings is 1. The molecule has 1 amide bonds. The predicted octanol–water partition coefficient (Wildman–Crippen LogP) is 1.26. The van der Waals surface area contributed by atoms with E-state index in [4.69, 9.17) is 5.73 Å². The van der Waals surface area contributed by atoms with E-state index in [1.807, 2.05) is 30.3 Å². The fourth-order valence-corrected chi connectivity index (χ4v) is 2.62. The van der Waals surface area contributed by atoms with E-state index in [9.17, 15) is 10.1 Å². The second kappa shape index (κ2) is 4.82. The van der Waals surface area contributed by atoms with E-state index < -0.39 is 0 Å². The number of carbonyl (C=O) groups is 1. The summed E-state index contributed by atoms with van der Waals surface area (Å²) in [6, 6.07) is 9.40. The second-order valence-corrected chi connectivity index (χ2v) is 4.88. The van der Waals surface area contributed by atoms with E-state index in [0.29, 0.717) is 24.6 Å². The fourth-order valence-electron chi connectivity index (χ4n) is 2.62. The number of nitrogens with zero attached hydrogens (tertiary/aromatic N) is 3. The normalized spacial score (nSPS) is 19.4. The third-order valence-corrected chi connectivity index (χ3v) is 3.65. The molecule has 0 saturated carbocycles. The Labute approximate surface area is 117 Å². The van der Waals surface area contributed by atoms with Gasteiger partial charge < -0.3 is 10.6 Å². The average molecular weight is 266 g/mol. The van der Waals surface area contributed by atoms with E-state index in [0.717, 1.165) is 24.0 Å². The maximum atomic E-state index is 12.4. The average Bonchev–Trinajstić information content (AvgIpc) is 3.10. The Balaban J connectivity index is 2.09. The first kappa shape index (κ1) is 12.4. The smallest absolute Gasteiger partial charge is 0.266 e. The molecule has 0 aromatic heterocycles. The molecule has 2 aliphatic heterocycles. The van der Waals surface area contributed by atoms with Crippen LogP contribution in [0.2, 0.25) is 0 Å². The highest BCUT2D eigenvalue weighted by atomic mass is 16.2. The van der Waals surface area contributed by atoms with Gasteiger partial charge in [-0.3, -0.25) is 4.79 Å². The molecule has 5 nitrogen and oxygen atoms in total. The van der Waals surface area contributed by atoms with Crippen molar-refractivity contribution in [2.24, 2.45) is 10.7 Å². The zero-order chi connectivity index (χ0) is 14.1. The lowest BCUT2D eigenvalue weighted by atomic mass is 10.0. The number of hydrogen-bond acceptors (Lipinski definition) is 4. The second-order valence-electron chi connectivity index (χ2n) is 4.88. The zero-order valence-electron chi connectivity index (χ0n) is 11.0. The van der Waals surface area contributed by atoms with Gasteiger partial charge in [0.25, 0.3) is 5.91 Å². The quantitative estimate of drug-likeness (QED) is 0.613. The molecule has 1 saturated heterocycles. The number of likely N-dealkylation sites (tertiary alicyclic amines) is 1. The van der Waals surface area contributed by atoms with Crippen LogP contribution in [-0.4, -0.2) is 29.7 Å². The van der Waals surface area contributed by atoms with Crippen LogP contribution in [-0.2, 0) is 4.79 Å². The molecule has 2 aliphatic rings. The summed E-state index contributed by atoms with van der Waals surface area (Å²) in [7, 11) is 0. The van der Waals surface area contributed by atoms with Crippen molar-refractivity contribution in [3.63, 3.8) is 0 Å². The van der Waals surface area contributed by atoms with Crippen LogP contribution in [0.25, 0.3) is 5.70 Å². The lowest BCUT2D eigenvalue weighted by Gasteiger charge is -2.15. The zero-order valence-corrected chi connectivity index (χ0v) is 11.0. The van der Waals surface area contributed by atoms with Gasteiger partial charge in [0.2, 0.25) is 0 Å². The Bertz CT molecular complexity index is 675. The first-order chi connectivity index (χ1) is 9.72. The molecule has 0 aliphatic carbocycles. The Kier molecular flexibility index (Phi) is 2.99. The van der Waals surface area contributed by atoms with Crippen LogP contribution in [0.4, 0.5) is 0 Å². The molecule has 0 atom stereocenters. The number of fused-ring (bicyclic) bond motifs is 1. The van der Waals surface area contributed by atoms with Crippen molar-refractivity contribution in [2.45, 2.75) is 12.8 Å². The van der Waals surface area contributed by atoms with Gasteiger partial charge in [-0.2, -0.15) is 5.26 Å². The summed E-state index contributed by atoms with van der Waals surface area (Å²) in [4.78, 5) is 18.3. The number of nitriles is 1. The Morgan fingerprint density at radius 2 is 1.90 bits per heavy atom. The SMILES string of the molecule is N#CC(C(=O)N1CCCC1)=C1N=C(N)c2ccccc21. The third-order valence-electron chi connectivity index (χ3n) is 3.65. The first-order valence-electron chi connectivity index (χ1n) is 6.60. The van der Waals surface area contributed by atoms with Crippen LogP contribution >= 0.6 is 0 Å². The van der Waals surface area contributed by atoms with Crippen LogP contribution in [0.3, 0.4) is 0 Å². The number of aliphatic imine (C=N–C) groups is 1. The van der Waals surface area contributed by atoms with Gasteiger partial charge in [-0.15, -0.1) is 0 Å². The maximum Gasteiger partial charge on any atom is 0.266 e. The Morgan fingerprint density at radius 1 is 1.25 bits per heavy atom. The monoisotopic (exact) mass is 266 g/mol. The number of nitrogens with two attached hydrogens (primary N) is 1. The number of amides is 1. The van der Waals surface area contributed by atoms with Gasteiger partial charge in [-0.05, 0) is 12.8 Å². The summed E-state index contributed by atoms with van der Waals surface area (Å²) in [5.74, 6) is 0.117. The van der Waals surface area contributed by atoms with Gasteiger partial charge in [-0.1, -0.05) is 24.3 Å². The molecule has 2 N–H and O–H groups in total. The maximum absolute atomic E-state index is 12.4. The molecule has 100 valence electrons. The van der Waals surface area contributed by atoms with Crippen molar-refractivity contribution in [3.05, 3.63) is 41.0 Å². The van der Waals surface area contributed by atoms with E-state index in [-0.39, 0.29) is 11.5 Å². The highest BCUT2D eigenvalue weighted by Gasteiger charge is 2.28. The summed E-state index contributed by atoms with van der Waals surface area (Å²) in [5, 5.41) is 9.36. The molecular formula is C15H14N4O. The molecule has 0 unspecified atom stereocenters. The summed E-state index contributed by atoms with van der Waals surface area (Å²) < 4.78 is 0. The van der Waals surface area contributed by atoms with E-state index in [1.54, 1.807) is 4.90 Å². The summed E-state index contributed by atoms with van der Waals surface area (Å²) in [6.45, 7) is 1.41. The van der Waals surface area contributed by atoms with Crippen LogP contribution in [0, 0.1) is 11.3 Å². The fraction of sp³-hybridized carbons (Fsp3) is 0.267. The van der Waals surface area contributed by atoms with E-state index in [2.05, 4.69) is 4.99 Å². The van der Waals surface area contributed by atoms with Crippen molar-refractivity contribution >= 4 is 17.4 Å². The highest BCUT2D eigenvalue weighted by molar-refractivity contribution is 6.14. The minimum Gasteiger partial charge on any atom is -0.383 e. The molecule has 0 radical (unpaired) electrons.